The molecule has 2 fully saturated rings. The Kier molecular flexibility index (Phi) is 5.43. The number of benzene rings is 1. The van der Waals surface area contributed by atoms with Gasteiger partial charge >= 0.3 is 0 Å². The van der Waals surface area contributed by atoms with Gasteiger partial charge < -0.3 is 24.6 Å². The molecular formula is C22H31ClO6. The number of methoxy groups -OCH3 is 2. The van der Waals surface area contributed by atoms with Gasteiger partial charge in [0.1, 0.15) is 0 Å². The van der Waals surface area contributed by atoms with E-state index in [1.165, 1.54) is 7.11 Å². The summed E-state index contributed by atoms with van der Waals surface area (Å²) < 4.78 is 11.5. The number of ether oxygens (including phenoxy) is 2. The lowest BCUT2D eigenvalue weighted by molar-refractivity contribution is -0.179. The smallest absolute Gasteiger partial charge is 0.214 e. The molecule has 1 aromatic carbocycles. The van der Waals surface area contributed by atoms with Crippen LogP contribution in [0.15, 0.2) is 0 Å². The highest BCUT2D eigenvalue weighted by molar-refractivity contribution is 6.21. The van der Waals surface area contributed by atoms with Gasteiger partial charge in [0.2, 0.25) is 11.5 Å². The zero-order valence-electron chi connectivity index (χ0n) is 17.7. The maximum atomic E-state index is 10.7. The molecular weight excluding hydrogens is 396 g/mol. The summed E-state index contributed by atoms with van der Waals surface area (Å²) in [4.78, 5) is 10.4. The van der Waals surface area contributed by atoms with Crippen LogP contribution in [0.3, 0.4) is 0 Å². The van der Waals surface area contributed by atoms with Crippen molar-refractivity contribution in [1.29, 1.82) is 0 Å². The fourth-order valence-corrected chi connectivity index (χ4v) is 6.99. The molecule has 0 saturated heterocycles. The van der Waals surface area contributed by atoms with Crippen LogP contribution in [0, 0.1) is 24.2 Å². The predicted octanol–water partition coefficient (Wildman–Crippen LogP) is 3.88. The zero-order valence-corrected chi connectivity index (χ0v) is 18.5. The van der Waals surface area contributed by atoms with Gasteiger partial charge in [-0.05, 0) is 61.3 Å². The molecule has 162 valence electrons. The minimum Gasteiger partial charge on any atom is -0.492 e. The number of aliphatic hydroxyl groups excluding tert-OH is 2. The van der Waals surface area contributed by atoms with E-state index < -0.39 is 12.2 Å². The van der Waals surface area contributed by atoms with E-state index in [0.29, 0.717) is 23.7 Å². The molecule has 4 rings (SSSR count). The molecule has 0 amide bonds. The third-order valence-electron chi connectivity index (χ3n) is 7.84. The van der Waals surface area contributed by atoms with Crippen molar-refractivity contribution in [2.75, 3.05) is 21.3 Å². The molecule has 29 heavy (non-hydrogen) atoms. The van der Waals surface area contributed by atoms with Gasteiger partial charge in [0.25, 0.3) is 0 Å². The van der Waals surface area contributed by atoms with E-state index in [0.717, 1.165) is 36.0 Å². The summed E-state index contributed by atoms with van der Waals surface area (Å²) in [6, 6.07) is 0. The van der Waals surface area contributed by atoms with E-state index in [4.69, 9.17) is 30.8 Å². The molecule has 0 aliphatic heterocycles. The third kappa shape index (κ3) is 2.87. The van der Waals surface area contributed by atoms with Crippen LogP contribution in [0.4, 0.5) is 0 Å². The maximum absolute atomic E-state index is 10.7. The van der Waals surface area contributed by atoms with Crippen LogP contribution >= 0.6 is 11.6 Å². The highest BCUT2D eigenvalue weighted by Gasteiger charge is 2.59. The summed E-state index contributed by atoms with van der Waals surface area (Å²) in [6.45, 7) is 4.09. The number of hydrogen-bond acceptors (Lipinski definition) is 6. The molecule has 3 aliphatic rings. The van der Waals surface area contributed by atoms with E-state index >= 15 is 0 Å². The number of halogens is 1. The number of rotatable bonds is 4. The highest BCUT2D eigenvalue weighted by atomic mass is 35.5. The van der Waals surface area contributed by atoms with Gasteiger partial charge in [-0.3, -0.25) is 0 Å². The normalized spacial score (nSPS) is 38.1. The topological polar surface area (TPSA) is 77.4 Å². The Morgan fingerprint density at radius 3 is 2.31 bits per heavy atom. The first-order valence-corrected chi connectivity index (χ1v) is 10.7. The van der Waals surface area contributed by atoms with Gasteiger partial charge in [0.15, 0.2) is 5.75 Å². The van der Waals surface area contributed by atoms with Crippen molar-refractivity contribution in [1.82, 2.24) is 0 Å². The molecule has 0 bridgehead atoms. The fraction of sp³-hybridized carbons (Fsp3) is 0.727. The molecule has 7 atom stereocenters. The van der Waals surface area contributed by atoms with Crippen LogP contribution in [-0.4, -0.2) is 43.8 Å². The SMILES string of the molecule is COOc1c(C)c2c(c(OC)c1OC)[C@H]1CC[C@]3(C)[C@@H](O)[C@H](O)C[C@H]3[C@@H]1CC2Cl. The van der Waals surface area contributed by atoms with E-state index in [1.54, 1.807) is 14.2 Å². The molecule has 1 unspecified atom stereocenters. The Labute approximate surface area is 177 Å². The lowest BCUT2D eigenvalue weighted by Gasteiger charge is -2.51. The van der Waals surface area contributed by atoms with Gasteiger partial charge in [-0.2, -0.15) is 4.89 Å². The quantitative estimate of drug-likeness (QED) is 0.432. The van der Waals surface area contributed by atoms with Crippen molar-refractivity contribution >= 4 is 11.6 Å². The summed E-state index contributed by atoms with van der Waals surface area (Å²) >= 11 is 6.96. The monoisotopic (exact) mass is 426 g/mol. The Morgan fingerprint density at radius 1 is 1.00 bits per heavy atom. The first-order chi connectivity index (χ1) is 13.8. The van der Waals surface area contributed by atoms with Gasteiger partial charge in [0, 0.05) is 11.1 Å². The molecule has 2 N–H and O–H groups in total. The summed E-state index contributed by atoms with van der Waals surface area (Å²) in [5, 5.41) is 20.9. The van der Waals surface area contributed by atoms with Crippen molar-refractivity contribution < 1.29 is 29.5 Å². The van der Waals surface area contributed by atoms with Gasteiger partial charge in [-0.25, -0.2) is 0 Å². The summed E-state index contributed by atoms with van der Waals surface area (Å²) in [6.07, 6.45) is 1.81. The summed E-state index contributed by atoms with van der Waals surface area (Å²) in [5.74, 6) is 2.35. The molecule has 0 spiro atoms. The Morgan fingerprint density at radius 2 is 1.69 bits per heavy atom. The number of aliphatic hydroxyl groups is 2. The molecule has 2 saturated carbocycles. The largest absolute Gasteiger partial charge is 0.492 e. The van der Waals surface area contributed by atoms with E-state index in [9.17, 15) is 10.2 Å². The van der Waals surface area contributed by atoms with E-state index in [1.807, 2.05) is 6.92 Å². The second-order valence-electron chi connectivity index (χ2n) is 8.97. The molecule has 7 heteroatoms. The molecule has 6 nitrogen and oxygen atoms in total. The van der Waals surface area contributed by atoms with Crippen molar-refractivity contribution in [3.63, 3.8) is 0 Å². The van der Waals surface area contributed by atoms with Gasteiger partial charge in [0.05, 0.1) is 38.9 Å². The van der Waals surface area contributed by atoms with Crippen molar-refractivity contribution in [2.24, 2.45) is 17.3 Å². The highest BCUT2D eigenvalue weighted by Crippen LogP contribution is 2.65. The average molecular weight is 427 g/mol. The molecule has 0 radical (unpaired) electrons. The molecule has 1 aromatic rings. The maximum Gasteiger partial charge on any atom is 0.214 e. The van der Waals surface area contributed by atoms with Crippen LogP contribution in [0.25, 0.3) is 0 Å². The average Bonchev–Trinajstić information content (AvgIpc) is 2.93. The number of fused-ring (bicyclic) bond motifs is 5. The van der Waals surface area contributed by atoms with Crippen LogP contribution in [-0.2, 0) is 4.89 Å². The van der Waals surface area contributed by atoms with Gasteiger partial charge in [-0.15, -0.1) is 11.6 Å². The second kappa shape index (κ2) is 7.49. The van der Waals surface area contributed by atoms with E-state index in [2.05, 4.69) is 6.92 Å². The van der Waals surface area contributed by atoms with Crippen LogP contribution in [0.2, 0.25) is 0 Å². The first-order valence-electron chi connectivity index (χ1n) is 10.3. The zero-order chi connectivity index (χ0) is 21.1. The Bertz CT molecular complexity index is 798. The van der Waals surface area contributed by atoms with Crippen LogP contribution in [0.5, 0.6) is 17.2 Å². The van der Waals surface area contributed by atoms with Crippen molar-refractivity contribution in [3.05, 3.63) is 16.7 Å². The minimum atomic E-state index is -0.681. The van der Waals surface area contributed by atoms with Crippen molar-refractivity contribution in [3.8, 4) is 17.2 Å². The minimum absolute atomic E-state index is 0.214. The van der Waals surface area contributed by atoms with Crippen LogP contribution < -0.4 is 14.4 Å². The standard InChI is InChI=1S/C22H31ClO6/c1-10-16-14(23)8-12-11(6-7-22(2)13(12)9-15(24)21(22)25)17(16)19(26-3)20(27-4)18(10)29-28-5/h11-15,21,24-25H,6-9H2,1-5H3/t11-,12+,13-,14?,15+,21-,22-/m0/s1. The van der Waals surface area contributed by atoms with Gasteiger partial charge in [-0.1, -0.05) is 6.92 Å². The number of hydrogen-bond donors (Lipinski definition) is 2. The third-order valence-corrected chi connectivity index (χ3v) is 8.24. The summed E-state index contributed by atoms with van der Waals surface area (Å²) in [5.41, 5.74) is 2.73. The Balaban J connectivity index is 1.88. The van der Waals surface area contributed by atoms with E-state index in [-0.39, 0.29) is 28.5 Å². The molecule has 3 aliphatic carbocycles. The molecule has 0 heterocycles. The fourth-order valence-electron chi connectivity index (χ4n) is 6.50. The summed E-state index contributed by atoms with van der Waals surface area (Å²) in [7, 11) is 4.68. The Hall–Kier alpha value is -1.21. The molecule has 0 aromatic heterocycles. The lowest BCUT2D eigenvalue weighted by Crippen LogP contribution is -2.45. The number of alkyl halides is 1. The van der Waals surface area contributed by atoms with Crippen molar-refractivity contribution in [2.45, 2.75) is 63.0 Å². The second-order valence-corrected chi connectivity index (χ2v) is 9.50. The predicted molar refractivity (Wildman–Crippen MR) is 109 cm³/mol. The first kappa shape index (κ1) is 21.0. The van der Waals surface area contributed by atoms with Crippen LogP contribution in [0.1, 0.15) is 60.6 Å². The lowest BCUT2D eigenvalue weighted by atomic mass is 9.55.